The van der Waals surface area contributed by atoms with Crippen molar-refractivity contribution >= 4 is 34.8 Å². The fourth-order valence-electron chi connectivity index (χ4n) is 3.44. The average molecular weight is 303 g/mol. The highest BCUT2D eigenvalue weighted by Crippen LogP contribution is 2.42. The lowest BCUT2D eigenvalue weighted by molar-refractivity contribution is -0.122. The summed E-state index contributed by atoms with van der Waals surface area (Å²) < 4.78 is 0. The van der Waals surface area contributed by atoms with Crippen LogP contribution >= 0.6 is 23.7 Å². The molecule has 0 aliphatic heterocycles. The average Bonchev–Trinajstić information content (AvgIpc) is 2.81. The van der Waals surface area contributed by atoms with Gasteiger partial charge in [-0.3, -0.25) is 4.79 Å². The number of carbonyl (C=O) groups excluding carboxylic acids is 1. The summed E-state index contributed by atoms with van der Waals surface area (Å²) in [6, 6.07) is 0.310. The molecule has 2 fully saturated rings. The molecule has 3 rings (SSSR count). The van der Waals surface area contributed by atoms with Crippen molar-refractivity contribution in [2.45, 2.75) is 38.1 Å². The number of hydrogen-bond acceptors (Lipinski definition) is 5. The fourth-order valence-corrected chi connectivity index (χ4v) is 3.89. The smallest absolute Gasteiger partial charge is 0.229 e. The van der Waals surface area contributed by atoms with Gasteiger partial charge in [0.2, 0.25) is 11.0 Å². The van der Waals surface area contributed by atoms with Crippen LogP contribution in [0.3, 0.4) is 0 Å². The van der Waals surface area contributed by atoms with Crippen molar-refractivity contribution in [2.75, 3.05) is 5.32 Å². The van der Waals surface area contributed by atoms with Crippen LogP contribution in [0.15, 0.2) is 5.51 Å². The third-order valence-corrected chi connectivity index (χ3v) is 4.98. The SMILES string of the molecule is Cl.NC1C2CCCC1CC(C(=O)Nc1nncs1)C2. The zero-order chi connectivity index (χ0) is 12.5. The highest BCUT2D eigenvalue weighted by Gasteiger charge is 2.40. The van der Waals surface area contributed by atoms with Crippen molar-refractivity contribution in [3.63, 3.8) is 0 Å². The molecular weight excluding hydrogens is 284 g/mol. The van der Waals surface area contributed by atoms with E-state index in [4.69, 9.17) is 5.73 Å². The highest BCUT2D eigenvalue weighted by atomic mass is 35.5. The van der Waals surface area contributed by atoms with Crippen LogP contribution in [0.5, 0.6) is 0 Å². The summed E-state index contributed by atoms with van der Waals surface area (Å²) in [7, 11) is 0. The molecule has 2 atom stereocenters. The Morgan fingerprint density at radius 3 is 2.63 bits per heavy atom. The molecule has 0 radical (unpaired) electrons. The summed E-state index contributed by atoms with van der Waals surface area (Å²) in [5, 5.41) is 11.0. The van der Waals surface area contributed by atoms with E-state index in [-0.39, 0.29) is 24.2 Å². The van der Waals surface area contributed by atoms with Crippen LogP contribution in [-0.2, 0) is 4.79 Å². The summed E-state index contributed by atoms with van der Waals surface area (Å²) in [6.07, 6.45) is 5.50. The van der Waals surface area contributed by atoms with Gasteiger partial charge in [0.25, 0.3) is 0 Å². The van der Waals surface area contributed by atoms with Crippen molar-refractivity contribution in [1.29, 1.82) is 0 Å². The summed E-state index contributed by atoms with van der Waals surface area (Å²) >= 11 is 1.36. The molecule has 2 unspecified atom stereocenters. The van der Waals surface area contributed by atoms with E-state index in [0.29, 0.717) is 23.0 Å². The van der Waals surface area contributed by atoms with Crippen molar-refractivity contribution in [1.82, 2.24) is 10.2 Å². The van der Waals surface area contributed by atoms with Crippen molar-refractivity contribution in [3.8, 4) is 0 Å². The van der Waals surface area contributed by atoms with Gasteiger partial charge in [0.1, 0.15) is 5.51 Å². The number of amides is 1. The van der Waals surface area contributed by atoms with Gasteiger partial charge in [-0.2, -0.15) is 0 Å². The molecular formula is C12H19ClN4OS. The molecule has 2 saturated carbocycles. The lowest BCUT2D eigenvalue weighted by Crippen LogP contribution is -2.48. The molecule has 0 aromatic carbocycles. The van der Waals surface area contributed by atoms with Crippen LogP contribution in [0.4, 0.5) is 5.13 Å². The molecule has 0 saturated heterocycles. The predicted molar refractivity (Wildman–Crippen MR) is 77.3 cm³/mol. The molecule has 1 aromatic heterocycles. The second-order valence-electron chi connectivity index (χ2n) is 5.43. The summed E-state index contributed by atoms with van der Waals surface area (Å²) in [4.78, 5) is 12.2. The van der Waals surface area contributed by atoms with Crippen molar-refractivity contribution in [3.05, 3.63) is 5.51 Å². The van der Waals surface area contributed by atoms with E-state index < -0.39 is 0 Å². The van der Waals surface area contributed by atoms with Crippen molar-refractivity contribution in [2.24, 2.45) is 23.5 Å². The number of anilines is 1. The van der Waals surface area contributed by atoms with E-state index in [1.165, 1.54) is 30.6 Å². The molecule has 3 N–H and O–H groups in total. The Bertz CT molecular complexity index is 413. The molecule has 1 heterocycles. The highest BCUT2D eigenvalue weighted by molar-refractivity contribution is 7.13. The van der Waals surface area contributed by atoms with Crippen LogP contribution < -0.4 is 11.1 Å². The Morgan fingerprint density at radius 1 is 1.37 bits per heavy atom. The monoisotopic (exact) mass is 302 g/mol. The van der Waals surface area contributed by atoms with Gasteiger partial charge in [0.05, 0.1) is 0 Å². The van der Waals surface area contributed by atoms with Gasteiger partial charge in [-0.1, -0.05) is 17.8 Å². The molecule has 7 heteroatoms. The van der Waals surface area contributed by atoms with E-state index in [1.54, 1.807) is 5.51 Å². The standard InChI is InChI=1S/C12H18N4OS.ClH/c13-10-7-2-1-3-8(10)5-9(4-7)11(17)15-12-16-14-6-18-12;/h6-10H,1-5,13H2,(H,15,16,17);1H. The molecule has 2 aliphatic carbocycles. The first-order valence-electron chi connectivity index (χ1n) is 6.56. The van der Waals surface area contributed by atoms with Crippen molar-refractivity contribution < 1.29 is 4.79 Å². The maximum atomic E-state index is 12.2. The van der Waals surface area contributed by atoms with E-state index in [2.05, 4.69) is 15.5 Å². The van der Waals surface area contributed by atoms with Gasteiger partial charge in [-0.25, -0.2) is 0 Å². The van der Waals surface area contributed by atoms with E-state index in [1.807, 2.05) is 0 Å². The number of hydrogen-bond donors (Lipinski definition) is 2. The Kier molecular flexibility index (Phi) is 4.76. The maximum absolute atomic E-state index is 12.2. The normalized spacial score (nSPS) is 33.3. The second-order valence-corrected chi connectivity index (χ2v) is 6.26. The molecule has 2 bridgehead atoms. The Labute approximate surface area is 122 Å². The number of rotatable bonds is 2. The zero-order valence-electron chi connectivity index (χ0n) is 10.6. The number of fused-ring (bicyclic) bond motifs is 2. The zero-order valence-corrected chi connectivity index (χ0v) is 12.3. The fraction of sp³-hybridized carbons (Fsp3) is 0.750. The molecule has 0 spiro atoms. The third-order valence-electron chi connectivity index (χ3n) is 4.37. The van der Waals surface area contributed by atoms with Crippen LogP contribution in [0.25, 0.3) is 0 Å². The number of nitrogens with two attached hydrogens (primary N) is 1. The quantitative estimate of drug-likeness (QED) is 0.876. The van der Waals surface area contributed by atoms with Crippen LogP contribution in [0.2, 0.25) is 0 Å². The maximum Gasteiger partial charge on any atom is 0.229 e. The molecule has 1 aromatic rings. The van der Waals surface area contributed by atoms with E-state index in [9.17, 15) is 4.79 Å². The second kappa shape index (κ2) is 6.15. The number of nitrogens with one attached hydrogen (secondary N) is 1. The van der Waals surface area contributed by atoms with E-state index >= 15 is 0 Å². The topological polar surface area (TPSA) is 80.9 Å². The Hall–Kier alpha value is -0.720. The van der Waals surface area contributed by atoms with Gasteiger partial charge >= 0.3 is 0 Å². The first-order valence-corrected chi connectivity index (χ1v) is 7.44. The van der Waals surface area contributed by atoms with Gasteiger partial charge in [-0.05, 0) is 37.5 Å². The van der Waals surface area contributed by atoms with Crippen LogP contribution in [-0.4, -0.2) is 22.1 Å². The number of aromatic nitrogens is 2. The minimum Gasteiger partial charge on any atom is -0.327 e. The van der Waals surface area contributed by atoms with E-state index in [0.717, 1.165) is 12.8 Å². The first kappa shape index (κ1) is 14.7. The number of nitrogens with zero attached hydrogens (tertiary/aromatic N) is 2. The minimum atomic E-state index is 0. The van der Waals surface area contributed by atoms with Gasteiger partial charge < -0.3 is 11.1 Å². The summed E-state index contributed by atoms with van der Waals surface area (Å²) in [5.41, 5.74) is 7.86. The lowest BCUT2D eigenvalue weighted by atomic mass is 9.65. The Morgan fingerprint density at radius 2 is 2.05 bits per heavy atom. The van der Waals surface area contributed by atoms with Gasteiger partial charge in [-0.15, -0.1) is 22.6 Å². The van der Waals surface area contributed by atoms with Crippen LogP contribution in [0, 0.1) is 17.8 Å². The van der Waals surface area contributed by atoms with Gasteiger partial charge in [0, 0.05) is 12.0 Å². The number of halogens is 1. The van der Waals surface area contributed by atoms with Gasteiger partial charge in [0.15, 0.2) is 0 Å². The molecule has 1 amide bonds. The molecule has 106 valence electrons. The molecule has 2 aliphatic rings. The van der Waals surface area contributed by atoms with Crippen LogP contribution in [0.1, 0.15) is 32.1 Å². The summed E-state index contributed by atoms with van der Waals surface area (Å²) in [5.74, 6) is 1.25. The molecule has 5 nitrogen and oxygen atoms in total. The predicted octanol–water partition coefficient (Wildman–Crippen LogP) is 2.05. The summed E-state index contributed by atoms with van der Waals surface area (Å²) in [6.45, 7) is 0. The Balaban J connectivity index is 0.00000133. The lowest BCUT2D eigenvalue weighted by Gasteiger charge is -2.43. The largest absolute Gasteiger partial charge is 0.327 e. The number of carbonyl (C=O) groups is 1. The first-order chi connectivity index (χ1) is 8.74. The third kappa shape index (κ3) is 3.07. The minimum absolute atomic E-state index is 0. The molecule has 19 heavy (non-hydrogen) atoms.